The number of nitrogens with two attached hydrogens (primary N) is 1. The molecule has 0 aromatic heterocycles. The highest BCUT2D eigenvalue weighted by Gasteiger charge is 2.38. The monoisotopic (exact) mass is 147 g/mol. The van der Waals surface area contributed by atoms with Crippen LogP contribution in [0.5, 0.6) is 0 Å². The molecular formula is C6H13NO3. The molecule has 10 heavy (non-hydrogen) atoms. The molecule has 0 saturated carbocycles. The molecule has 4 N–H and O–H groups in total. The van der Waals surface area contributed by atoms with Crippen LogP contribution >= 0.6 is 0 Å². The van der Waals surface area contributed by atoms with Gasteiger partial charge in [0, 0.05) is 6.54 Å². The van der Waals surface area contributed by atoms with E-state index in [2.05, 4.69) is 0 Å². The third-order valence-electron chi connectivity index (χ3n) is 1.83. The molecule has 4 heteroatoms. The largest absolute Gasteiger partial charge is 0.388 e. The van der Waals surface area contributed by atoms with E-state index in [9.17, 15) is 5.11 Å². The SMILES string of the molecule is C[C@@H]1O[C@H](CN)[C@H](O)[C@H]1O. The molecule has 1 aliphatic heterocycles. The van der Waals surface area contributed by atoms with Gasteiger partial charge in [-0.3, -0.25) is 0 Å². The molecule has 0 unspecified atom stereocenters. The Morgan fingerprint density at radius 3 is 2.20 bits per heavy atom. The Balaban J connectivity index is 2.53. The van der Waals surface area contributed by atoms with E-state index < -0.39 is 18.3 Å². The van der Waals surface area contributed by atoms with Crippen LogP contribution in [0.25, 0.3) is 0 Å². The zero-order chi connectivity index (χ0) is 7.72. The fourth-order valence-electron chi connectivity index (χ4n) is 1.13. The van der Waals surface area contributed by atoms with Gasteiger partial charge in [0.1, 0.15) is 12.2 Å². The molecule has 4 nitrogen and oxygen atoms in total. The maximum atomic E-state index is 9.17. The minimum Gasteiger partial charge on any atom is -0.388 e. The molecule has 0 bridgehead atoms. The highest BCUT2D eigenvalue weighted by Crippen LogP contribution is 2.19. The Labute approximate surface area is 59.6 Å². The van der Waals surface area contributed by atoms with Crippen molar-refractivity contribution in [3.05, 3.63) is 0 Å². The number of rotatable bonds is 1. The van der Waals surface area contributed by atoms with Crippen molar-refractivity contribution in [2.24, 2.45) is 5.73 Å². The summed E-state index contributed by atoms with van der Waals surface area (Å²) in [6, 6.07) is 0. The van der Waals surface area contributed by atoms with Gasteiger partial charge in [0.05, 0.1) is 12.2 Å². The van der Waals surface area contributed by atoms with E-state index >= 15 is 0 Å². The van der Waals surface area contributed by atoms with Gasteiger partial charge in [0.15, 0.2) is 0 Å². The van der Waals surface area contributed by atoms with Gasteiger partial charge in [-0.25, -0.2) is 0 Å². The number of ether oxygens (including phenoxy) is 1. The summed E-state index contributed by atoms with van der Waals surface area (Å²) < 4.78 is 5.11. The highest BCUT2D eigenvalue weighted by molar-refractivity contribution is 4.88. The summed E-state index contributed by atoms with van der Waals surface area (Å²) in [5.41, 5.74) is 5.25. The van der Waals surface area contributed by atoms with Crippen LogP contribution in [0.15, 0.2) is 0 Å². The maximum Gasteiger partial charge on any atom is 0.110 e. The second-order valence-electron chi connectivity index (χ2n) is 2.60. The molecule has 0 radical (unpaired) electrons. The molecule has 4 atom stereocenters. The summed E-state index contributed by atoms with van der Waals surface area (Å²) in [4.78, 5) is 0. The van der Waals surface area contributed by atoms with E-state index in [1.807, 2.05) is 0 Å². The summed E-state index contributed by atoms with van der Waals surface area (Å²) in [7, 11) is 0. The van der Waals surface area contributed by atoms with Gasteiger partial charge in [-0.15, -0.1) is 0 Å². The molecule has 0 aromatic rings. The molecular weight excluding hydrogens is 134 g/mol. The Bertz CT molecular complexity index is 120. The molecule has 60 valence electrons. The summed E-state index contributed by atoms with van der Waals surface area (Å²) in [6.45, 7) is 1.96. The molecule has 0 aromatic carbocycles. The summed E-state index contributed by atoms with van der Waals surface area (Å²) in [5, 5.41) is 18.3. The van der Waals surface area contributed by atoms with Crippen molar-refractivity contribution < 1.29 is 14.9 Å². The zero-order valence-electron chi connectivity index (χ0n) is 5.90. The van der Waals surface area contributed by atoms with Gasteiger partial charge < -0.3 is 20.7 Å². The molecule has 0 amide bonds. The van der Waals surface area contributed by atoms with E-state index in [1.165, 1.54) is 0 Å². The normalized spacial score (nSPS) is 48.0. The number of aliphatic hydroxyl groups excluding tert-OH is 2. The van der Waals surface area contributed by atoms with Crippen molar-refractivity contribution in [3.63, 3.8) is 0 Å². The smallest absolute Gasteiger partial charge is 0.110 e. The van der Waals surface area contributed by atoms with Gasteiger partial charge in [0.2, 0.25) is 0 Å². The zero-order valence-corrected chi connectivity index (χ0v) is 5.90. The lowest BCUT2D eigenvalue weighted by atomic mass is 10.1. The summed E-state index contributed by atoms with van der Waals surface area (Å²) in [6.07, 6.45) is -2.30. The molecule has 0 spiro atoms. The Kier molecular flexibility index (Phi) is 2.25. The first kappa shape index (κ1) is 7.94. The third-order valence-corrected chi connectivity index (χ3v) is 1.83. The second kappa shape index (κ2) is 2.84. The lowest BCUT2D eigenvalue weighted by Gasteiger charge is -2.10. The van der Waals surface area contributed by atoms with Gasteiger partial charge in [0.25, 0.3) is 0 Å². The number of hydrogen-bond acceptors (Lipinski definition) is 4. The Hall–Kier alpha value is -0.160. The fraction of sp³-hybridized carbons (Fsp3) is 1.00. The summed E-state index contributed by atoms with van der Waals surface area (Å²) in [5.74, 6) is 0. The van der Waals surface area contributed by atoms with Gasteiger partial charge >= 0.3 is 0 Å². The maximum absolute atomic E-state index is 9.17. The van der Waals surface area contributed by atoms with E-state index in [0.29, 0.717) is 0 Å². The topological polar surface area (TPSA) is 75.7 Å². The van der Waals surface area contributed by atoms with Crippen LogP contribution in [0.4, 0.5) is 0 Å². The van der Waals surface area contributed by atoms with Crippen molar-refractivity contribution in [2.75, 3.05) is 6.54 Å². The Morgan fingerprint density at radius 1 is 1.40 bits per heavy atom. The third kappa shape index (κ3) is 1.15. The molecule has 1 heterocycles. The van der Waals surface area contributed by atoms with E-state index in [4.69, 9.17) is 15.6 Å². The standard InChI is InChI=1S/C6H13NO3/c1-3-5(8)6(9)4(2-7)10-3/h3-6,8-9H,2,7H2,1H3/t3-,4+,5-,6-/m0/s1. The number of hydrogen-bond donors (Lipinski definition) is 3. The molecule has 0 aliphatic carbocycles. The first-order valence-electron chi connectivity index (χ1n) is 3.38. The van der Waals surface area contributed by atoms with Crippen LogP contribution in [0, 0.1) is 0 Å². The minimum atomic E-state index is -0.819. The lowest BCUT2D eigenvalue weighted by molar-refractivity contribution is 0.0223. The van der Waals surface area contributed by atoms with Crippen LogP contribution in [-0.2, 0) is 4.74 Å². The molecule has 1 saturated heterocycles. The van der Waals surface area contributed by atoms with Gasteiger partial charge in [-0.05, 0) is 6.92 Å². The van der Waals surface area contributed by atoms with Crippen LogP contribution in [0.2, 0.25) is 0 Å². The Morgan fingerprint density at radius 2 is 2.00 bits per heavy atom. The van der Waals surface area contributed by atoms with Crippen molar-refractivity contribution in [2.45, 2.75) is 31.3 Å². The minimum absolute atomic E-state index is 0.253. The van der Waals surface area contributed by atoms with Crippen LogP contribution in [-0.4, -0.2) is 41.2 Å². The highest BCUT2D eigenvalue weighted by atomic mass is 16.5. The molecule has 1 rings (SSSR count). The van der Waals surface area contributed by atoms with Crippen LogP contribution < -0.4 is 5.73 Å². The van der Waals surface area contributed by atoms with Crippen LogP contribution in [0.1, 0.15) is 6.92 Å². The van der Waals surface area contributed by atoms with Gasteiger partial charge in [-0.1, -0.05) is 0 Å². The van der Waals surface area contributed by atoms with Crippen molar-refractivity contribution in [3.8, 4) is 0 Å². The van der Waals surface area contributed by atoms with Crippen molar-refractivity contribution >= 4 is 0 Å². The average molecular weight is 147 g/mol. The molecule has 1 aliphatic rings. The second-order valence-corrected chi connectivity index (χ2v) is 2.60. The summed E-state index contributed by atoms with van der Waals surface area (Å²) >= 11 is 0. The predicted octanol–water partition coefficient (Wildman–Crippen LogP) is -1.55. The predicted molar refractivity (Wildman–Crippen MR) is 35.4 cm³/mol. The first-order chi connectivity index (χ1) is 4.66. The lowest BCUT2D eigenvalue weighted by Crippen LogP contribution is -2.35. The van der Waals surface area contributed by atoms with E-state index in [-0.39, 0.29) is 12.6 Å². The van der Waals surface area contributed by atoms with Crippen molar-refractivity contribution in [1.29, 1.82) is 0 Å². The van der Waals surface area contributed by atoms with Crippen molar-refractivity contribution in [1.82, 2.24) is 0 Å². The first-order valence-corrected chi connectivity index (χ1v) is 3.38. The van der Waals surface area contributed by atoms with E-state index in [0.717, 1.165) is 0 Å². The molecule has 1 fully saturated rings. The fourth-order valence-corrected chi connectivity index (χ4v) is 1.13. The van der Waals surface area contributed by atoms with E-state index in [1.54, 1.807) is 6.92 Å². The quantitative estimate of drug-likeness (QED) is 0.420. The van der Waals surface area contributed by atoms with Crippen LogP contribution in [0.3, 0.4) is 0 Å². The van der Waals surface area contributed by atoms with Gasteiger partial charge in [-0.2, -0.15) is 0 Å². The average Bonchev–Trinajstić information content (AvgIpc) is 2.17. The number of aliphatic hydroxyl groups is 2.